The van der Waals surface area contributed by atoms with Gasteiger partial charge in [0.15, 0.2) is 0 Å². The number of aromatic nitrogens is 4. The van der Waals surface area contributed by atoms with Gasteiger partial charge in [-0.25, -0.2) is 9.97 Å². The van der Waals surface area contributed by atoms with Crippen LogP contribution in [0.5, 0.6) is 0 Å². The zero-order chi connectivity index (χ0) is 14.8. The summed E-state index contributed by atoms with van der Waals surface area (Å²) in [5.74, 6) is 0.0154. The van der Waals surface area contributed by atoms with Gasteiger partial charge < -0.3 is 4.90 Å². The molecule has 1 aliphatic rings. The molecule has 1 aliphatic heterocycles. The van der Waals surface area contributed by atoms with Gasteiger partial charge in [0.1, 0.15) is 6.33 Å². The number of nitrogens with zero attached hydrogens (tertiary/aromatic N) is 5. The summed E-state index contributed by atoms with van der Waals surface area (Å²) in [6.45, 7) is 5.34. The number of piperidine rings is 1. The second kappa shape index (κ2) is 5.63. The van der Waals surface area contributed by atoms with Gasteiger partial charge in [0.05, 0.1) is 23.5 Å². The number of rotatable bonds is 2. The molecule has 21 heavy (non-hydrogen) atoms. The third-order valence-corrected chi connectivity index (χ3v) is 3.93. The predicted molar refractivity (Wildman–Crippen MR) is 77.9 cm³/mol. The maximum atomic E-state index is 12.6. The lowest BCUT2D eigenvalue weighted by atomic mass is 10.0. The molecular formula is C15H19N5O. The Hall–Kier alpha value is -2.24. The Morgan fingerprint density at radius 2 is 2.19 bits per heavy atom. The molecule has 0 radical (unpaired) electrons. The van der Waals surface area contributed by atoms with Gasteiger partial charge in [-0.2, -0.15) is 5.10 Å². The summed E-state index contributed by atoms with van der Waals surface area (Å²) < 4.78 is 1.98. The summed E-state index contributed by atoms with van der Waals surface area (Å²) in [5.41, 5.74) is 2.47. The van der Waals surface area contributed by atoms with E-state index in [1.54, 1.807) is 6.20 Å². The van der Waals surface area contributed by atoms with Gasteiger partial charge >= 0.3 is 0 Å². The molecule has 110 valence electrons. The molecule has 6 nitrogen and oxygen atoms in total. The molecule has 0 N–H and O–H groups in total. The Morgan fingerprint density at radius 3 is 2.90 bits per heavy atom. The highest BCUT2D eigenvalue weighted by molar-refractivity contribution is 5.94. The minimum absolute atomic E-state index is 0.0154. The van der Waals surface area contributed by atoms with Gasteiger partial charge in [-0.3, -0.25) is 9.48 Å². The van der Waals surface area contributed by atoms with Crippen LogP contribution in [0.4, 0.5) is 0 Å². The number of carbonyl (C=O) groups is 1. The van der Waals surface area contributed by atoms with Gasteiger partial charge in [-0.1, -0.05) is 0 Å². The Bertz CT molecular complexity index is 651. The third kappa shape index (κ3) is 2.79. The van der Waals surface area contributed by atoms with Crippen LogP contribution in [0.15, 0.2) is 24.9 Å². The largest absolute Gasteiger partial charge is 0.336 e. The average molecular weight is 285 g/mol. The molecule has 1 fully saturated rings. The van der Waals surface area contributed by atoms with Crippen LogP contribution in [0.2, 0.25) is 0 Å². The van der Waals surface area contributed by atoms with Crippen LogP contribution in [-0.4, -0.2) is 43.6 Å². The van der Waals surface area contributed by atoms with E-state index in [0.717, 1.165) is 30.6 Å². The first-order valence-corrected chi connectivity index (χ1v) is 7.22. The van der Waals surface area contributed by atoms with Gasteiger partial charge in [0.2, 0.25) is 0 Å². The third-order valence-electron chi connectivity index (χ3n) is 3.93. The number of aryl methyl sites for hydroxylation is 2. The van der Waals surface area contributed by atoms with Crippen LogP contribution < -0.4 is 0 Å². The number of amides is 1. The van der Waals surface area contributed by atoms with Crippen molar-refractivity contribution in [2.45, 2.75) is 32.7 Å². The second-order valence-electron chi connectivity index (χ2n) is 5.57. The molecule has 3 heterocycles. The fourth-order valence-corrected chi connectivity index (χ4v) is 2.76. The topological polar surface area (TPSA) is 63.9 Å². The van der Waals surface area contributed by atoms with Gasteiger partial charge in [-0.15, -0.1) is 0 Å². The van der Waals surface area contributed by atoms with E-state index in [0.29, 0.717) is 12.1 Å². The van der Waals surface area contributed by atoms with E-state index < -0.39 is 0 Å². The van der Waals surface area contributed by atoms with E-state index in [-0.39, 0.29) is 11.9 Å². The Morgan fingerprint density at radius 1 is 1.33 bits per heavy atom. The molecule has 0 aromatic carbocycles. The molecule has 2 aromatic rings. The summed E-state index contributed by atoms with van der Waals surface area (Å²) in [5, 5.41) is 4.38. The average Bonchev–Trinajstić information content (AvgIpc) is 2.94. The molecule has 3 rings (SSSR count). The van der Waals surface area contributed by atoms with Gasteiger partial charge in [0, 0.05) is 25.5 Å². The predicted octanol–water partition coefficient (Wildman–Crippen LogP) is 1.77. The summed E-state index contributed by atoms with van der Waals surface area (Å²) in [6, 6.07) is 0.251. The lowest BCUT2D eigenvalue weighted by Crippen LogP contribution is -2.41. The first kappa shape index (κ1) is 13.7. The maximum absolute atomic E-state index is 12.6. The van der Waals surface area contributed by atoms with E-state index in [9.17, 15) is 4.79 Å². The van der Waals surface area contributed by atoms with Crippen molar-refractivity contribution in [1.82, 2.24) is 24.6 Å². The maximum Gasteiger partial charge on any atom is 0.257 e. The Kier molecular flexibility index (Phi) is 3.68. The van der Waals surface area contributed by atoms with Crippen molar-refractivity contribution in [3.8, 4) is 0 Å². The second-order valence-corrected chi connectivity index (χ2v) is 5.57. The zero-order valence-corrected chi connectivity index (χ0v) is 12.4. The molecule has 0 saturated carbocycles. The molecule has 0 unspecified atom stereocenters. The number of likely N-dealkylation sites (tertiary alicyclic amines) is 1. The van der Waals surface area contributed by atoms with Gasteiger partial charge in [-0.05, 0) is 32.3 Å². The lowest BCUT2D eigenvalue weighted by Gasteiger charge is -2.33. The summed E-state index contributed by atoms with van der Waals surface area (Å²) >= 11 is 0. The van der Waals surface area contributed by atoms with Crippen molar-refractivity contribution in [1.29, 1.82) is 0 Å². The van der Waals surface area contributed by atoms with Crippen LogP contribution in [-0.2, 0) is 0 Å². The molecule has 2 aromatic heterocycles. The minimum Gasteiger partial charge on any atom is -0.336 e. The summed E-state index contributed by atoms with van der Waals surface area (Å²) in [4.78, 5) is 22.6. The first-order chi connectivity index (χ1) is 10.1. The molecule has 0 bridgehead atoms. The Labute approximate surface area is 123 Å². The number of hydrogen-bond acceptors (Lipinski definition) is 4. The van der Waals surface area contributed by atoms with E-state index in [4.69, 9.17) is 0 Å². The summed E-state index contributed by atoms with van der Waals surface area (Å²) in [7, 11) is 0. The van der Waals surface area contributed by atoms with E-state index in [2.05, 4.69) is 15.1 Å². The first-order valence-electron chi connectivity index (χ1n) is 7.22. The molecule has 1 saturated heterocycles. The minimum atomic E-state index is 0.0154. The summed E-state index contributed by atoms with van der Waals surface area (Å²) in [6.07, 6.45) is 9.01. The lowest BCUT2D eigenvalue weighted by molar-refractivity contribution is 0.0671. The van der Waals surface area contributed by atoms with E-state index in [1.807, 2.05) is 35.8 Å². The smallest absolute Gasteiger partial charge is 0.257 e. The quantitative estimate of drug-likeness (QED) is 0.843. The van der Waals surface area contributed by atoms with Gasteiger partial charge in [0.25, 0.3) is 5.91 Å². The van der Waals surface area contributed by atoms with Crippen LogP contribution in [0.3, 0.4) is 0 Å². The number of hydrogen-bond donors (Lipinski definition) is 0. The van der Waals surface area contributed by atoms with E-state index in [1.165, 1.54) is 6.33 Å². The van der Waals surface area contributed by atoms with Crippen LogP contribution >= 0.6 is 0 Å². The highest BCUT2D eigenvalue weighted by atomic mass is 16.2. The molecule has 0 aliphatic carbocycles. The van der Waals surface area contributed by atoms with Crippen molar-refractivity contribution in [2.75, 3.05) is 13.1 Å². The fraction of sp³-hybridized carbons (Fsp3) is 0.467. The molecule has 0 spiro atoms. The van der Waals surface area contributed by atoms with Crippen LogP contribution in [0, 0.1) is 13.8 Å². The molecule has 1 amide bonds. The highest BCUT2D eigenvalue weighted by Crippen LogP contribution is 2.22. The van der Waals surface area contributed by atoms with Crippen LogP contribution in [0.25, 0.3) is 0 Å². The monoisotopic (exact) mass is 285 g/mol. The van der Waals surface area contributed by atoms with E-state index >= 15 is 0 Å². The van der Waals surface area contributed by atoms with Crippen molar-refractivity contribution >= 4 is 5.91 Å². The normalized spacial score (nSPS) is 18.8. The zero-order valence-electron chi connectivity index (χ0n) is 12.4. The Balaban J connectivity index is 1.77. The molecule has 6 heteroatoms. The van der Waals surface area contributed by atoms with Crippen molar-refractivity contribution in [2.24, 2.45) is 0 Å². The SMILES string of the molecule is Cc1cnn([C@H]2CCCN(C(=O)c3cncnc3C)C2)c1. The number of carbonyl (C=O) groups excluding carboxylic acids is 1. The molecule has 1 atom stereocenters. The van der Waals surface area contributed by atoms with Crippen molar-refractivity contribution < 1.29 is 4.79 Å². The fourth-order valence-electron chi connectivity index (χ4n) is 2.76. The van der Waals surface area contributed by atoms with Crippen molar-refractivity contribution in [3.05, 3.63) is 41.7 Å². The molecular weight excluding hydrogens is 266 g/mol. The standard InChI is InChI=1S/C15H19N5O/c1-11-6-18-20(8-11)13-4-3-5-19(9-13)15(21)14-7-16-10-17-12(14)2/h6-8,10,13H,3-5,9H2,1-2H3/t13-/m0/s1. The van der Waals surface area contributed by atoms with Crippen LogP contribution in [0.1, 0.15) is 40.5 Å². The van der Waals surface area contributed by atoms with Crippen molar-refractivity contribution in [3.63, 3.8) is 0 Å². The highest BCUT2D eigenvalue weighted by Gasteiger charge is 2.26.